The van der Waals surface area contributed by atoms with E-state index in [1.807, 2.05) is 6.07 Å². The van der Waals surface area contributed by atoms with Crippen LogP contribution in [0.1, 0.15) is 69.4 Å². The fourth-order valence-electron chi connectivity index (χ4n) is 4.41. The summed E-state index contributed by atoms with van der Waals surface area (Å²) in [7, 11) is 0. The minimum Gasteiger partial charge on any atom is -0.508 e. The lowest BCUT2D eigenvalue weighted by molar-refractivity contribution is 0.120. The van der Waals surface area contributed by atoms with Crippen molar-refractivity contribution >= 4 is 0 Å². The first kappa shape index (κ1) is 18.5. The van der Waals surface area contributed by atoms with Gasteiger partial charge >= 0.3 is 0 Å². The molecule has 1 heterocycles. The SMILES string of the molecule is CCN1CCN([C]2CCCCC2c2cc(C(C)C)c(O)cc2O)CC1. The lowest BCUT2D eigenvalue weighted by Gasteiger charge is -2.43. The molecular formula is C21H33N2O2. The zero-order valence-corrected chi connectivity index (χ0v) is 16.0. The summed E-state index contributed by atoms with van der Waals surface area (Å²) >= 11 is 0. The van der Waals surface area contributed by atoms with Gasteiger partial charge in [0.2, 0.25) is 0 Å². The Hall–Kier alpha value is -1.26. The predicted molar refractivity (Wildman–Crippen MR) is 102 cm³/mol. The first-order valence-corrected chi connectivity index (χ1v) is 9.90. The fourth-order valence-corrected chi connectivity index (χ4v) is 4.41. The molecule has 2 N–H and O–H groups in total. The minimum absolute atomic E-state index is 0.213. The number of aromatic hydroxyl groups is 2. The van der Waals surface area contributed by atoms with Crippen molar-refractivity contribution in [3.8, 4) is 11.5 Å². The van der Waals surface area contributed by atoms with Crippen LogP contribution < -0.4 is 0 Å². The van der Waals surface area contributed by atoms with Gasteiger partial charge < -0.3 is 15.1 Å². The van der Waals surface area contributed by atoms with Gasteiger partial charge in [0.15, 0.2) is 0 Å². The summed E-state index contributed by atoms with van der Waals surface area (Å²) in [6.45, 7) is 12.0. The predicted octanol–water partition coefficient (Wildman–Crippen LogP) is 4.05. The molecule has 1 aromatic carbocycles. The number of phenolic OH excluding ortho intramolecular Hbond substituents is 2. The summed E-state index contributed by atoms with van der Waals surface area (Å²) in [4.78, 5) is 5.07. The van der Waals surface area contributed by atoms with Crippen LogP contribution in [0.15, 0.2) is 12.1 Å². The second-order valence-electron chi connectivity index (χ2n) is 7.84. The van der Waals surface area contributed by atoms with E-state index in [1.165, 1.54) is 18.9 Å². The van der Waals surface area contributed by atoms with Crippen LogP contribution in [-0.4, -0.2) is 52.7 Å². The van der Waals surface area contributed by atoms with E-state index in [0.29, 0.717) is 5.92 Å². The number of hydrogen-bond acceptors (Lipinski definition) is 4. The second kappa shape index (κ2) is 7.96. The quantitative estimate of drug-likeness (QED) is 0.864. The van der Waals surface area contributed by atoms with Crippen LogP contribution in [0.3, 0.4) is 0 Å². The van der Waals surface area contributed by atoms with Gasteiger partial charge in [-0.05, 0) is 42.5 Å². The van der Waals surface area contributed by atoms with Gasteiger partial charge in [0, 0.05) is 44.2 Å². The number of benzene rings is 1. The van der Waals surface area contributed by atoms with Crippen LogP contribution in [-0.2, 0) is 0 Å². The number of nitrogens with zero attached hydrogens (tertiary/aromatic N) is 2. The van der Waals surface area contributed by atoms with Gasteiger partial charge in [-0.2, -0.15) is 0 Å². The topological polar surface area (TPSA) is 46.9 Å². The summed E-state index contributed by atoms with van der Waals surface area (Å²) in [6, 6.07) is 5.09. The van der Waals surface area contributed by atoms with E-state index in [4.69, 9.17) is 0 Å². The lowest BCUT2D eigenvalue weighted by Crippen LogP contribution is -2.49. The van der Waals surface area contributed by atoms with E-state index in [-0.39, 0.29) is 17.4 Å². The zero-order valence-electron chi connectivity index (χ0n) is 16.0. The molecular weight excluding hydrogens is 312 g/mol. The highest BCUT2D eigenvalue weighted by molar-refractivity contribution is 5.49. The van der Waals surface area contributed by atoms with Crippen molar-refractivity contribution in [1.82, 2.24) is 9.80 Å². The van der Waals surface area contributed by atoms with Crippen molar-refractivity contribution in [1.29, 1.82) is 0 Å². The summed E-state index contributed by atoms with van der Waals surface area (Å²) in [5.74, 6) is 1.00. The van der Waals surface area contributed by atoms with Gasteiger partial charge in [0.25, 0.3) is 0 Å². The van der Waals surface area contributed by atoms with Crippen LogP contribution in [0, 0.1) is 6.04 Å². The molecule has 25 heavy (non-hydrogen) atoms. The zero-order chi connectivity index (χ0) is 18.0. The molecule has 1 atom stereocenters. The maximum Gasteiger partial charge on any atom is 0.122 e. The number of phenols is 2. The Balaban J connectivity index is 1.85. The summed E-state index contributed by atoms with van der Waals surface area (Å²) in [5.41, 5.74) is 1.95. The van der Waals surface area contributed by atoms with Crippen LogP contribution in [0.4, 0.5) is 0 Å². The highest BCUT2D eigenvalue weighted by Crippen LogP contribution is 2.46. The molecule has 1 aliphatic carbocycles. The van der Waals surface area contributed by atoms with Crippen LogP contribution >= 0.6 is 0 Å². The molecule has 0 amide bonds. The molecule has 2 fully saturated rings. The molecule has 0 spiro atoms. The molecule has 139 valence electrons. The average molecular weight is 346 g/mol. The summed E-state index contributed by atoms with van der Waals surface area (Å²) < 4.78 is 0. The van der Waals surface area contributed by atoms with Gasteiger partial charge in [-0.3, -0.25) is 4.90 Å². The van der Waals surface area contributed by atoms with Crippen molar-refractivity contribution in [2.75, 3.05) is 32.7 Å². The molecule has 0 bridgehead atoms. The molecule has 0 aromatic heterocycles. The van der Waals surface area contributed by atoms with Crippen LogP contribution in [0.2, 0.25) is 0 Å². The molecule has 4 heteroatoms. The Morgan fingerprint density at radius 2 is 1.76 bits per heavy atom. The fraction of sp³-hybridized carbons (Fsp3) is 0.667. The Morgan fingerprint density at radius 3 is 2.40 bits per heavy atom. The van der Waals surface area contributed by atoms with Crippen molar-refractivity contribution < 1.29 is 10.2 Å². The van der Waals surface area contributed by atoms with Gasteiger partial charge in [0.1, 0.15) is 11.5 Å². The Bertz CT molecular complexity index is 580. The van der Waals surface area contributed by atoms with Gasteiger partial charge in [0.05, 0.1) is 0 Å². The monoisotopic (exact) mass is 345 g/mol. The smallest absolute Gasteiger partial charge is 0.122 e. The van der Waals surface area contributed by atoms with E-state index in [9.17, 15) is 10.2 Å². The number of piperazine rings is 1. The van der Waals surface area contributed by atoms with Crippen molar-refractivity contribution in [2.45, 2.75) is 58.3 Å². The Morgan fingerprint density at radius 1 is 1.04 bits per heavy atom. The lowest BCUT2D eigenvalue weighted by atomic mass is 9.77. The van der Waals surface area contributed by atoms with Gasteiger partial charge in [-0.15, -0.1) is 0 Å². The first-order valence-electron chi connectivity index (χ1n) is 9.90. The third-order valence-corrected chi connectivity index (χ3v) is 5.98. The Kier molecular flexibility index (Phi) is 5.90. The molecule has 1 saturated carbocycles. The van der Waals surface area contributed by atoms with E-state index in [1.54, 1.807) is 6.07 Å². The van der Waals surface area contributed by atoms with E-state index in [0.717, 1.165) is 56.7 Å². The Labute approximate surface area is 152 Å². The summed E-state index contributed by atoms with van der Waals surface area (Å²) in [5, 5.41) is 20.7. The van der Waals surface area contributed by atoms with Gasteiger partial charge in [-0.1, -0.05) is 33.6 Å². The van der Waals surface area contributed by atoms with Crippen LogP contribution in [0.25, 0.3) is 0 Å². The van der Waals surface area contributed by atoms with E-state index < -0.39 is 0 Å². The summed E-state index contributed by atoms with van der Waals surface area (Å²) in [6.07, 6.45) is 4.68. The third-order valence-electron chi connectivity index (χ3n) is 5.98. The molecule has 1 saturated heterocycles. The molecule has 2 aliphatic rings. The minimum atomic E-state index is 0.213. The number of rotatable bonds is 4. The van der Waals surface area contributed by atoms with E-state index in [2.05, 4.69) is 30.6 Å². The molecule has 1 unspecified atom stereocenters. The third kappa shape index (κ3) is 3.95. The van der Waals surface area contributed by atoms with Crippen molar-refractivity contribution in [2.24, 2.45) is 0 Å². The molecule has 1 aromatic rings. The molecule has 4 nitrogen and oxygen atoms in total. The molecule has 1 aliphatic heterocycles. The number of hydrogen-bond donors (Lipinski definition) is 2. The van der Waals surface area contributed by atoms with Crippen LogP contribution in [0.5, 0.6) is 11.5 Å². The second-order valence-corrected chi connectivity index (χ2v) is 7.84. The molecule has 1 radical (unpaired) electrons. The largest absolute Gasteiger partial charge is 0.508 e. The normalized spacial score (nSPS) is 24.1. The highest BCUT2D eigenvalue weighted by Gasteiger charge is 2.35. The maximum atomic E-state index is 10.5. The van der Waals surface area contributed by atoms with Gasteiger partial charge in [-0.25, -0.2) is 0 Å². The van der Waals surface area contributed by atoms with Crippen molar-refractivity contribution in [3.63, 3.8) is 0 Å². The number of likely N-dealkylation sites (N-methyl/N-ethyl adjacent to an activating group) is 1. The average Bonchev–Trinajstić information content (AvgIpc) is 2.62. The highest BCUT2D eigenvalue weighted by atomic mass is 16.3. The van der Waals surface area contributed by atoms with E-state index >= 15 is 0 Å². The molecule has 3 rings (SSSR count). The first-order chi connectivity index (χ1) is 12.0. The standard InChI is InChI=1S/C21H33N2O2/c1-4-22-9-11-23(12-10-22)19-8-6-5-7-16(19)18-13-17(15(2)3)20(24)14-21(18)25/h13-16,24-25H,4-12H2,1-3H3. The van der Waals surface area contributed by atoms with Crippen molar-refractivity contribution in [3.05, 3.63) is 29.3 Å². The maximum absolute atomic E-state index is 10.5.